The third-order valence-corrected chi connectivity index (χ3v) is 5.01. The molecule has 2 saturated heterocycles. The molecule has 0 saturated carbocycles. The average Bonchev–Trinajstić information content (AvgIpc) is 2.87. The summed E-state index contributed by atoms with van der Waals surface area (Å²) in [7, 11) is 0. The zero-order chi connectivity index (χ0) is 14.3. The maximum absolute atomic E-state index is 13.6. The molecule has 0 bridgehead atoms. The Bertz CT molecular complexity index is 537. The minimum Gasteiger partial charge on any atom is -0.333 e. The molecule has 1 aromatic rings. The van der Waals surface area contributed by atoms with Crippen molar-refractivity contribution < 1.29 is 9.18 Å². The minimum atomic E-state index is -0.386. The van der Waals surface area contributed by atoms with Crippen molar-refractivity contribution in [1.82, 2.24) is 9.80 Å². The van der Waals surface area contributed by atoms with Gasteiger partial charge in [-0.25, -0.2) is 4.39 Å². The van der Waals surface area contributed by atoms with Crippen LogP contribution in [0.15, 0.2) is 22.7 Å². The van der Waals surface area contributed by atoms with E-state index in [0.29, 0.717) is 16.1 Å². The molecule has 3 rings (SSSR count). The van der Waals surface area contributed by atoms with Gasteiger partial charge in [0.2, 0.25) is 0 Å². The van der Waals surface area contributed by atoms with E-state index in [-0.39, 0.29) is 17.8 Å². The smallest absolute Gasteiger partial charge is 0.254 e. The quantitative estimate of drug-likeness (QED) is 0.784. The van der Waals surface area contributed by atoms with Crippen LogP contribution in [0.5, 0.6) is 0 Å². The molecule has 2 aliphatic heterocycles. The van der Waals surface area contributed by atoms with Crippen molar-refractivity contribution in [3.8, 4) is 0 Å². The number of fused-ring (bicyclic) bond motifs is 1. The Kier molecular flexibility index (Phi) is 3.82. The lowest BCUT2D eigenvalue weighted by atomic mass is 10.1. The standard InChI is InChI=1S/C15H18BrFN2O/c1-10-8-18-6-2-3-12(18)9-19(10)15(20)11-4-5-13(16)14(17)7-11/h4-5,7,10,12H,2-3,6,8-9H2,1H3. The fourth-order valence-electron chi connectivity index (χ4n) is 3.27. The lowest BCUT2D eigenvalue weighted by Gasteiger charge is -2.42. The van der Waals surface area contributed by atoms with Crippen molar-refractivity contribution in [3.63, 3.8) is 0 Å². The number of benzene rings is 1. The van der Waals surface area contributed by atoms with Crippen LogP contribution in [-0.4, -0.2) is 47.4 Å². The Morgan fingerprint density at radius 3 is 2.95 bits per heavy atom. The summed E-state index contributed by atoms with van der Waals surface area (Å²) < 4.78 is 14.0. The first kappa shape index (κ1) is 14.0. The first-order valence-corrected chi connectivity index (χ1v) is 7.85. The second-order valence-corrected chi connectivity index (χ2v) is 6.58. The van der Waals surface area contributed by atoms with Gasteiger partial charge in [-0.1, -0.05) is 0 Å². The summed E-state index contributed by atoms with van der Waals surface area (Å²) in [5.41, 5.74) is 0.434. The molecule has 5 heteroatoms. The molecule has 2 atom stereocenters. The molecule has 108 valence electrons. The molecule has 2 aliphatic rings. The van der Waals surface area contributed by atoms with E-state index in [1.807, 2.05) is 4.90 Å². The Hall–Kier alpha value is -0.940. The number of carbonyl (C=O) groups is 1. The van der Waals surface area contributed by atoms with E-state index in [9.17, 15) is 9.18 Å². The third kappa shape index (κ3) is 2.49. The molecule has 3 nitrogen and oxygen atoms in total. The molecule has 1 aromatic carbocycles. The number of halogens is 2. The molecule has 2 heterocycles. The predicted molar refractivity (Wildman–Crippen MR) is 79.2 cm³/mol. The van der Waals surface area contributed by atoms with Crippen LogP contribution in [0.25, 0.3) is 0 Å². The van der Waals surface area contributed by atoms with Gasteiger partial charge in [-0.05, 0) is 60.4 Å². The van der Waals surface area contributed by atoms with E-state index in [4.69, 9.17) is 0 Å². The van der Waals surface area contributed by atoms with Crippen LogP contribution in [0.1, 0.15) is 30.1 Å². The molecule has 0 spiro atoms. The number of carbonyl (C=O) groups excluding carboxylic acids is 1. The van der Waals surface area contributed by atoms with Gasteiger partial charge in [0.25, 0.3) is 5.91 Å². The van der Waals surface area contributed by atoms with Gasteiger partial charge in [0.05, 0.1) is 4.47 Å². The van der Waals surface area contributed by atoms with Crippen molar-refractivity contribution in [2.45, 2.75) is 31.8 Å². The maximum Gasteiger partial charge on any atom is 0.254 e. The van der Waals surface area contributed by atoms with Crippen LogP contribution in [-0.2, 0) is 0 Å². The Morgan fingerprint density at radius 2 is 2.20 bits per heavy atom. The zero-order valence-electron chi connectivity index (χ0n) is 11.5. The van der Waals surface area contributed by atoms with Gasteiger partial charge in [-0.15, -0.1) is 0 Å². The molecule has 0 aliphatic carbocycles. The van der Waals surface area contributed by atoms with Crippen LogP contribution in [0.4, 0.5) is 4.39 Å². The Morgan fingerprint density at radius 1 is 1.40 bits per heavy atom. The molecular formula is C15H18BrFN2O. The van der Waals surface area contributed by atoms with Crippen LogP contribution in [0.3, 0.4) is 0 Å². The fourth-order valence-corrected chi connectivity index (χ4v) is 3.51. The molecular weight excluding hydrogens is 323 g/mol. The summed E-state index contributed by atoms with van der Waals surface area (Å²) in [6, 6.07) is 5.27. The average molecular weight is 341 g/mol. The number of hydrogen-bond donors (Lipinski definition) is 0. The van der Waals surface area contributed by atoms with E-state index < -0.39 is 0 Å². The van der Waals surface area contributed by atoms with Crippen LogP contribution in [0.2, 0.25) is 0 Å². The number of amides is 1. The van der Waals surface area contributed by atoms with Crippen molar-refractivity contribution in [3.05, 3.63) is 34.1 Å². The number of hydrogen-bond acceptors (Lipinski definition) is 2. The summed E-state index contributed by atoms with van der Waals surface area (Å²) in [5.74, 6) is -0.446. The fraction of sp³-hybridized carbons (Fsp3) is 0.533. The van der Waals surface area contributed by atoms with Gasteiger partial charge in [0, 0.05) is 30.7 Å². The molecule has 0 N–H and O–H groups in total. The van der Waals surface area contributed by atoms with E-state index >= 15 is 0 Å². The largest absolute Gasteiger partial charge is 0.333 e. The molecule has 1 amide bonds. The maximum atomic E-state index is 13.6. The van der Waals surface area contributed by atoms with Crippen molar-refractivity contribution >= 4 is 21.8 Å². The lowest BCUT2D eigenvalue weighted by molar-refractivity contribution is 0.0395. The van der Waals surface area contributed by atoms with Crippen LogP contribution < -0.4 is 0 Å². The van der Waals surface area contributed by atoms with Gasteiger partial charge in [0.1, 0.15) is 5.82 Å². The predicted octanol–water partition coefficient (Wildman–Crippen LogP) is 2.90. The summed E-state index contributed by atoms with van der Waals surface area (Å²) >= 11 is 3.12. The Balaban J connectivity index is 1.80. The highest BCUT2D eigenvalue weighted by Crippen LogP contribution is 2.26. The number of rotatable bonds is 1. The van der Waals surface area contributed by atoms with Crippen LogP contribution >= 0.6 is 15.9 Å². The van der Waals surface area contributed by atoms with Gasteiger partial charge in [-0.3, -0.25) is 9.69 Å². The molecule has 20 heavy (non-hydrogen) atoms. The Labute approximate surface area is 126 Å². The first-order chi connectivity index (χ1) is 9.56. The number of piperazine rings is 1. The SMILES string of the molecule is CC1CN2CCCC2CN1C(=O)c1ccc(Br)c(F)c1. The number of nitrogens with zero attached hydrogens (tertiary/aromatic N) is 2. The molecule has 0 radical (unpaired) electrons. The second kappa shape index (κ2) is 5.45. The van der Waals surface area contributed by atoms with Gasteiger partial charge in [0.15, 0.2) is 0 Å². The normalized spacial score (nSPS) is 26.6. The summed E-state index contributed by atoms with van der Waals surface area (Å²) in [6.07, 6.45) is 2.37. The van der Waals surface area contributed by atoms with Crippen molar-refractivity contribution in [2.75, 3.05) is 19.6 Å². The highest BCUT2D eigenvalue weighted by Gasteiger charge is 2.36. The van der Waals surface area contributed by atoms with Gasteiger partial charge < -0.3 is 4.90 Å². The van der Waals surface area contributed by atoms with Gasteiger partial charge in [-0.2, -0.15) is 0 Å². The topological polar surface area (TPSA) is 23.6 Å². The molecule has 2 fully saturated rings. The van der Waals surface area contributed by atoms with Crippen LogP contribution in [0, 0.1) is 5.82 Å². The third-order valence-electron chi connectivity index (χ3n) is 4.36. The molecule has 0 aromatic heterocycles. The second-order valence-electron chi connectivity index (χ2n) is 5.73. The monoisotopic (exact) mass is 340 g/mol. The van der Waals surface area contributed by atoms with Gasteiger partial charge >= 0.3 is 0 Å². The minimum absolute atomic E-state index is 0.0598. The van der Waals surface area contributed by atoms with E-state index in [1.165, 1.54) is 12.5 Å². The van der Waals surface area contributed by atoms with Crippen molar-refractivity contribution in [1.29, 1.82) is 0 Å². The van der Waals surface area contributed by atoms with E-state index in [0.717, 1.165) is 26.1 Å². The summed E-state index contributed by atoms with van der Waals surface area (Å²) in [6.45, 7) is 4.90. The highest BCUT2D eigenvalue weighted by molar-refractivity contribution is 9.10. The van der Waals surface area contributed by atoms with Crippen molar-refractivity contribution in [2.24, 2.45) is 0 Å². The lowest BCUT2D eigenvalue weighted by Crippen LogP contribution is -2.56. The first-order valence-electron chi connectivity index (χ1n) is 7.06. The van der Waals surface area contributed by atoms with E-state index in [1.54, 1.807) is 12.1 Å². The molecule has 2 unspecified atom stereocenters. The summed E-state index contributed by atoms with van der Waals surface area (Å²) in [4.78, 5) is 17.0. The highest BCUT2D eigenvalue weighted by atomic mass is 79.9. The van der Waals surface area contributed by atoms with E-state index in [2.05, 4.69) is 27.8 Å². The zero-order valence-corrected chi connectivity index (χ0v) is 13.1. The summed E-state index contributed by atoms with van der Waals surface area (Å²) in [5, 5.41) is 0.